The van der Waals surface area contributed by atoms with Gasteiger partial charge in [-0.2, -0.15) is 4.98 Å². The molecule has 19 heteroatoms. The minimum absolute atomic E-state index is 0.0460. The molecule has 0 saturated carbocycles. The largest absolute Gasteiger partial charge is 0.472 e. The Kier molecular flexibility index (Phi) is 10.7. The highest BCUT2D eigenvalue weighted by Gasteiger charge is 2.43. The van der Waals surface area contributed by atoms with Crippen LogP contribution in [0.2, 0.25) is 0 Å². The molecule has 2 aliphatic rings. The number of nitrogens with zero attached hydrogens (tertiary/aromatic N) is 3. The van der Waals surface area contributed by atoms with E-state index in [1.807, 2.05) is 0 Å². The van der Waals surface area contributed by atoms with Gasteiger partial charge in [-0.25, -0.2) is 14.2 Å². The molecule has 2 aliphatic heterocycles. The Hall–Kier alpha value is -2.67. The Morgan fingerprint density at radius 2 is 1.86 bits per heavy atom. The molecular weight excluding hydrogens is 627 g/mol. The molecule has 2 aromatic rings. The van der Waals surface area contributed by atoms with Gasteiger partial charge in [0.1, 0.15) is 41.7 Å². The second-order valence-electron chi connectivity index (χ2n) is 11.3. The third kappa shape index (κ3) is 8.32. The number of aromatic amines is 1. The zero-order chi connectivity index (χ0) is 32.4. The first kappa shape index (κ1) is 34.2. The van der Waals surface area contributed by atoms with E-state index in [4.69, 9.17) is 23.3 Å². The summed E-state index contributed by atoms with van der Waals surface area (Å²) in [6.07, 6.45) is -3.97. The second kappa shape index (κ2) is 13.8. The summed E-state index contributed by atoms with van der Waals surface area (Å²) >= 11 is 1.04. The van der Waals surface area contributed by atoms with Crippen LogP contribution < -0.4 is 16.9 Å². The van der Waals surface area contributed by atoms with Gasteiger partial charge in [0.05, 0.1) is 24.7 Å². The van der Waals surface area contributed by atoms with Gasteiger partial charge in [-0.1, -0.05) is 11.8 Å². The lowest BCUT2D eigenvalue weighted by atomic mass is 9.98. The number of hydrogen-bond acceptors (Lipinski definition) is 14. The number of esters is 1. The number of ether oxygens (including phenoxy) is 3. The predicted molar refractivity (Wildman–Crippen MR) is 152 cm³/mol. The van der Waals surface area contributed by atoms with Crippen LogP contribution in [-0.4, -0.2) is 83.7 Å². The summed E-state index contributed by atoms with van der Waals surface area (Å²) in [5, 5.41) is 20.5. The third-order valence-electron chi connectivity index (χ3n) is 6.82. The maximum absolute atomic E-state index is 12.8. The van der Waals surface area contributed by atoms with Crippen molar-refractivity contribution in [2.24, 2.45) is 5.41 Å². The number of thioether (sulfide) groups is 1. The van der Waals surface area contributed by atoms with Crippen LogP contribution in [0.15, 0.2) is 37.9 Å². The molecular formula is C25H35N4O13PS. The Balaban J connectivity index is 1.33. The van der Waals surface area contributed by atoms with Crippen LogP contribution in [-0.2, 0) is 32.6 Å². The van der Waals surface area contributed by atoms with E-state index in [0.717, 1.165) is 20.9 Å². The summed E-state index contributed by atoms with van der Waals surface area (Å²) < 4.78 is 41.8. The number of phosphoric ester groups is 1. The molecule has 2 fully saturated rings. The molecule has 1 unspecified atom stereocenters. The van der Waals surface area contributed by atoms with Gasteiger partial charge in [0.2, 0.25) is 0 Å². The lowest BCUT2D eigenvalue weighted by Crippen LogP contribution is -2.33. The molecule has 0 aromatic carbocycles. The SMILES string of the molecule is Cc1cn([C@H]2C[C@H](O)[C@@H](COP(=O)(O)O[C@H]3C[C@H](n4ccc(SCOC(=O)C(C)(C)C)nc4=O)O[C@@H]3CO)O2)c(=O)[nH]c1=O. The van der Waals surface area contributed by atoms with Crippen molar-refractivity contribution in [1.29, 1.82) is 0 Å². The lowest BCUT2D eigenvalue weighted by molar-refractivity contribution is -0.150. The minimum Gasteiger partial charge on any atom is -0.454 e. The number of aliphatic hydroxyl groups is 2. The number of aromatic nitrogens is 4. The van der Waals surface area contributed by atoms with Crippen molar-refractivity contribution in [1.82, 2.24) is 19.1 Å². The number of aryl methyl sites for hydroxylation is 1. The lowest BCUT2D eigenvalue weighted by Gasteiger charge is -2.22. The maximum Gasteiger partial charge on any atom is 0.472 e. The Bertz CT molecular complexity index is 1570. The summed E-state index contributed by atoms with van der Waals surface area (Å²) in [7, 11) is -4.80. The Morgan fingerprint density at radius 1 is 1.18 bits per heavy atom. The average molecular weight is 663 g/mol. The fourth-order valence-corrected chi connectivity index (χ4v) is 5.95. The van der Waals surface area contributed by atoms with Crippen molar-refractivity contribution in [2.45, 2.75) is 82.4 Å². The van der Waals surface area contributed by atoms with Crippen molar-refractivity contribution < 1.29 is 47.7 Å². The van der Waals surface area contributed by atoms with Crippen LogP contribution in [0, 0.1) is 12.3 Å². The van der Waals surface area contributed by atoms with Crippen LogP contribution in [0.1, 0.15) is 51.6 Å². The number of hydrogen-bond donors (Lipinski definition) is 4. The van der Waals surface area contributed by atoms with Gasteiger partial charge >= 0.3 is 25.2 Å². The molecule has 0 radical (unpaired) electrons. The topological polar surface area (TPSA) is 231 Å². The third-order valence-corrected chi connectivity index (χ3v) is 8.59. The van der Waals surface area contributed by atoms with Crippen LogP contribution in [0.3, 0.4) is 0 Å². The fraction of sp³-hybridized carbons (Fsp3) is 0.640. The van der Waals surface area contributed by atoms with Crippen molar-refractivity contribution in [2.75, 3.05) is 19.2 Å². The Morgan fingerprint density at radius 3 is 2.52 bits per heavy atom. The molecule has 44 heavy (non-hydrogen) atoms. The Labute approximate surface area is 254 Å². The molecule has 7 atom stereocenters. The number of carbonyl (C=O) groups is 1. The predicted octanol–water partition coefficient (Wildman–Crippen LogP) is 0.171. The van der Waals surface area contributed by atoms with Gasteiger partial charge < -0.3 is 29.3 Å². The van der Waals surface area contributed by atoms with E-state index in [-0.39, 0.29) is 24.3 Å². The molecule has 4 rings (SSSR count). The summed E-state index contributed by atoms with van der Waals surface area (Å²) in [6, 6.07) is 1.51. The molecule has 0 bridgehead atoms. The first-order valence-electron chi connectivity index (χ1n) is 13.5. The van der Waals surface area contributed by atoms with Crippen molar-refractivity contribution in [3.8, 4) is 0 Å². The number of phosphoric acid groups is 1. The summed E-state index contributed by atoms with van der Waals surface area (Å²) in [4.78, 5) is 64.8. The van der Waals surface area contributed by atoms with E-state index in [0.29, 0.717) is 5.03 Å². The summed E-state index contributed by atoms with van der Waals surface area (Å²) in [5.74, 6) is -0.451. The zero-order valence-electron chi connectivity index (χ0n) is 24.4. The number of nitrogens with one attached hydrogen (secondary N) is 1. The summed E-state index contributed by atoms with van der Waals surface area (Å²) in [6.45, 7) is 5.45. The van der Waals surface area contributed by atoms with E-state index in [2.05, 4.69) is 9.97 Å². The second-order valence-corrected chi connectivity index (χ2v) is 13.6. The molecule has 0 spiro atoms. The molecule has 244 valence electrons. The molecule has 17 nitrogen and oxygen atoms in total. The normalized spacial score (nSPS) is 26.9. The van der Waals surface area contributed by atoms with Gasteiger partial charge in [0.25, 0.3) is 5.56 Å². The van der Waals surface area contributed by atoms with Gasteiger partial charge in [0, 0.05) is 30.8 Å². The van der Waals surface area contributed by atoms with Crippen LogP contribution >= 0.6 is 19.6 Å². The van der Waals surface area contributed by atoms with Crippen molar-refractivity contribution >= 4 is 25.6 Å². The molecule has 4 heterocycles. The highest BCUT2D eigenvalue weighted by atomic mass is 32.2. The highest BCUT2D eigenvalue weighted by molar-refractivity contribution is 7.99. The number of aliphatic hydroxyl groups excluding tert-OH is 2. The number of rotatable bonds is 11. The van der Waals surface area contributed by atoms with Gasteiger partial charge in [-0.15, -0.1) is 0 Å². The van der Waals surface area contributed by atoms with E-state index in [1.54, 1.807) is 20.8 Å². The molecule has 2 aromatic heterocycles. The monoisotopic (exact) mass is 662 g/mol. The molecule has 0 amide bonds. The van der Waals surface area contributed by atoms with E-state index in [9.17, 15) is 38.8 Å². The standard InChI is InChI=1S/C25H35N4O13PS/c1-13-9-29(24(35)27-21(13)32)19-7-14(31)17(41-19)11-39-43(36,37)42-15-8-20(40-16(15)10-30)28-6-5-18(26-23(28)34)44-12-38-22(33)25(2,3)4/h5-6,9,14-17,19-20,30-31H,7-8,10-12H2,1-4H3,(H,36,37)(H,27,32,35)/t14-,15-,16+,17+,19+,20+/m0/s1. The first-order chi connectivity index (χ1) is 20.6. The molecule has 2 saturated heterocycles. The summed E-state index contributed by atoms with van der Waals surface area (Å²) in [5.41, 5.74) is -2.44. The van der Waals surface area contributed by atoms with Crippen LogP contribution in [0.4, 0.5) is 0 Å². The van der Waals surface area contributed by atoms with Gasteiger partial charge in [-0.3, -0.25) is 32.8 Å². The molecule has 4 N–H and O–H groups in total. The van der Waals surface area contributed by atoms with Gasteiger partial charge in [0.15, 0.2) is 0 Å². The first-order valence-corrected chi connectivity index (χ1v) is 16.0. The van der Waals surface area contributed by atoms with Crippen molar-refractivity contribution in [3.63, 3.8) is 0 Å². The van der Waals surface area contributed by atoms with Crippen molar-refractivity contribution in [3.05, 3.63) is 55.3 Å². The quantitative estimate of drug-likeness (QED) is 0.0826. The number of H-pyrrole nitrogens is 1. The minimum atomic E-state index is -4.80. The smallest absolute Gasteiger partial charge is 0.454 e. The average Bonchev–Trinajstić information content (AvgIpc) is 3.51. The fourth-order valence-electron chi connectivity index (χ4n) is 4.41. The zero-order valence-corrected chi connectivity index (χ0v) is 26.1. The van der Waals surface area contributed by atoms with E-state index in [1.165, 1.54) is 25.4 Å². The maximum atomic E-state index is 12.8. The number of carbonyl (C=O) groups excluding carboxylic acids is 1. The molecule has 0 aliphatic carbocycles. The van der Waals surface area contributed by atoms with E-state index >= 15 is 0 Å². The highest BCUT2D eigenvalue weighted by Crippen LogP contribution is 2.49. The van der Waals surface area contributed by atoms with E-state index < -0.39 is 86.2 Å². The van der Waals surface area contributed by atoms with Gasteiger partial charge in [-0.05, 0) is 33.8 Å². The van der Waals surface area contributed by atoms with Crippen LogP contribution in [0.25, 0.3) is 0 Å². The van der Waals surface area contributed by atoms with Crippen LogP contribution in [0.5, 0.6) is 0 Å².